The molecular formula is C11H13B2FN2O3. The van der Waals surface area contributed by atoms with Crippen molar-refractivity contribution >= 4 is 20.0 Å². The molecule has 1 aromatic carbocycles. The van der Waals surface area contributed by atoms with E-state index < -0.39 is 5.82 Å². The molecule has 0 aromatic heterocycles. The van der Waals surface area contributed by atoms with Crippen LogP contribution in [0.25, 0.3) is 0 Å². The van der Waals surface area contributed by atoms with Crippen LogP contribution in [0.15, 0.2) is 18.2 Å². The molecule has 0 aliphatic carbocycles. The predicted octanol–water partition coefficient (Wildman–Crippen LogP) is 0.102. The maximum Gasteiger partial charge on any atom is 0.398 e. The smallest absolute Gasteiger partial charge is 0.398 e. The average molecular weight is 262 g/mol. The Balaban J connectivity index is 1.84. The van der Waals surface area contributed by atoms with Crippen LogP contribution in [0.3, 0.4) is 0 Å². The van der Waals surface area contributed by atoms with Crippen LogP contribution in [0.5, 0.6) is 0 Å². The fourth-order valence-electron chi connectivity index (χ4n) is 2.09. The second-order valence-electron chi connectivity index (χ2n) is 4.63. The SMILES string of the molecule is CNC(=O)c1cc(F)ccc1CN(B1CO1)B1CO1. The van der Waals surface area contributed by atoms with Gasteiger partial charge in [0, 0.05) is 19.2 Å². The highest BCUT2D eigenvalue weighted by Gasteiger charge is 2.49. The van der Waals surface area contributed by atoms with Crippen molar-refractivity contribution in [3.8, 4) is 0 Å². The Morgan fingerprint density at radius 1 is 1.42 bits per heavy atom. The van der Waals surface area contributed by atoms with Crippen LogP contribution in [0.2, 0.25) is 0 Å². The van der Waals surface area contributed by atoms with Gasteiger partial charge in [0.25, 0.3) is 5.91 Å². The lowest BCUT2D eigenvalue weighted by atomic mass is 9.76. The number of carbonyl (C=O) groups is 1. The molecule has 2 fully saturated rings. The maximum absolute atomic E-state index is 13.3. The molecule has 5 nitrogen and oxygen atoms in total. The van der Waals surface area contributed by atoms with E-state index in [1.165, 1.54) is 19.2 Å². The number of nitrogens with zero attached hydrogens (tertiary/aromatic N) is 1. The van der Waals surface area contributed by atoms with E-state index in [1.54, 1.807) is 6.07 Å². The van der Waals surface area contributed by atoms with Crippen molar-refractivity contribution < 1.29 is 18.5 Å². The van der Waals surface area contributed by atoms with E-state index in [1.807, 2.05) is 4.72 Å². The second kappa shape index (κ2) is 4.96. The van der Waals surface area contributed by atoms with Crippen molar-refractivity contribution in [2.24, 2.45) is 0 Å². The molecule has 2 heterocycles. The molecule has 0 bridgehead atoms. The number of hydrogen-bond acceptors (Lipinski definition) is 4. The Morgan fingerprint density at radius 3 is 2.58 bits per heavy atom. The van der Waals surface area contributed by atoms with E-state index >= 15 is 0 Å². The van der Waals surface area contributed by atoms with E-state index in [0.29, 0.717) is 25.1 Å². The summed E-state index contributed by atoms with van der Waals surface area (Å²) in [5, 5.41) is 2.53. The summed E-state index contributed by atoms with van der Waals surface area (Å²) in [6.07, 6.45) is 0. The van der Waals surface area contributed by atoms with Crippen molar-refractivity contribution in [2.45, 2.75) is 6.54 Å². The molecule has 2 saturated heterocycles. The monoisotopic (exact) mass is 262 g/mol. The molecule has 0 saturated carbocycles. The van der Waals surface area contributed by atoms with Crippen molar-refractivity contribution in [3.63, 3.8) is 0 Å². The van der Waals surface area contributed by atoms with Gasteiger partial charge in [0.2, 0.25) is 0 Å². The van der Waals surface area contributed by atoms with Crippen LogP contribution >= 0.6 is 0 Å². The molecule has 19 heavy (non-hydrogen) atoms. The van der Waals surface area contributed by atoms with Gasteiger partial charge in [-0.05, 0) is 17.7 Å². The molecule has 2 aliphatic rings. The van der Waals surface area contributed by atoms with Gasteiger partial charge in [-0.15, -0.1) is 0 Å². The van der Waals surface area contributed by atoms with Crippen LogP contribution in [-0.2, 0) is 15.9 Å². The summed E-state index contributed by atoms with van der Waals surface area (Å²) in [6.45, 7) is 1.87. The normalized spacial score (nSPS) is 16.8. The standard InChI is InChI=1S/C11H13B2FN2O3/c1-15-11(17)10-4-9(14)3-2-8(10)5-16(12-6-18-12)13-7-19-13/h2-4H,5-7H2,1H3,(H,15,17). The Bertz CT molecular complexity index is 497. The molecule has 0 unspecified atom stereocenters. The van der Waals surface area contributed by atoms with Gasteiger partial charge in [0.05, 0.1) is 13.0 Å². The lowest BCUT2D eigenvalue weighted by Crippen LogP contribution is -2.37. The van der Waals surface area contributed by atoms with E-state index in [4.69, 9.17) is 9.31 Å². The lowest BCUT2D eigenvalue weighted by molar-refractivity contribution is 0.0961. The highest BCUT2D eigenvalue weighted by Crippen LogP contribution is 2.24. The third kappa shape index (κ3) is 2.80. The van der Waals surface area contributed by atoms with Crippen LogP contribution in [0.1, 0.15) is 15.9 Å². The van der Waals surface area contributed by atoms with Crippen molar-refractivity contribution in [3.05, 3.63) is 35.1 Å². The molecule has 0 radical (unpaired) electrons. The van der Waals surface area contributed by atoms with Crippen molar-refractivity contribution in [2.75, 3.05) is 20.1 Å². The molecule has 1 N–H and O–H groups in total. The first-order valence-electron chi connectivity index (χ1n) is 6.18. The quantitative estimate of drug-likeness (QED) is 0.604. The molecule has 0 atom stereocenters. The minimum atomic E-state index is -0.417. The first-order chi connectivity index (χ1) is 9.19. The fraction of sp³-hybridized carbons (Fsp3) is 0.364. The van der Waals surface area contributed by atoms with Gasteiger partial charge in [-0.2, -0.15) is 0 Å². The number of carbonyl (C=O) groups excluding carboxylic acids is 1. The van der Waals surface area contributed by atoms with E-state index in [2.05, 4.69) is 5.32 Å². The molecule has 1 amide bonds. The van der Waals surface area contributed by atoms with E-state index in [0.717, 1.165) is 5.56 Å². The maximum atomic E-state index is 13.3. The van der Waals surface area contributed by atoms with Crippen molar-refractivity contribution in [1.82, 2.24) is 10.0 Å². The third-order valence-electron chi connectivity index (χ3n) is 3.27. The van der Waals surface area contributed by atoms with E-state index in [9.17, 15) is 9.18 Å². The summed E-state index contributed by atoms with van der Waals surface area (Å²) in [6, 6.07) is 4.26. The molecule has 98 valence electrons. The summed E-state index contributed by atoms with van der Waals surface area (Å²) >= 11 is 0. The largest absolute Gasteiger partial charge is 0.424 e. The number of hydrogen-bond donors (Lipinski definition) is 1. The zero-order chi connectivity index (χ0) is 13.4. The van der Waals surface area contributed by atoms with Gasteiger partial charge >= 0.3 is 14.1 Å². The van der Waals surface area contributed by atoms with Crippen LogP contribution in [0.4, 0.5) is 4.39 Å². The Morgan fingerprint density at radius 2 is 2.05 bits per heavy atom. The predicted molar refractivity (Wildman–Crippen MR) is 68.7 cm³/mol. The lowest BCUT2D eigenvalue weighted by Gasteiger charge is -2.17. The zero-order valence-electron chi connectivity index (χ0n) is 10.6. The fourth-order valence-corrected chi connectivity index (χ4v) is 2.09. The van der Waals surface area contributed by atoms with Gasteiger partial charge in [-0.1, -0.05) is 6.07 Å². The van der Waals surface area contributed by atoms with E-state index in [-0.39, 0.29) is 20.0 Å². The van der Waals surface area contributed by atoms with Crippen molar-refractivity contribution in [1.29, 1.82) is 0 Å². The van der Waals surface area contributed by atoms with Gasteiger partial charge in [0.1, 0.15) is 5.82 Å². The number of benzene rings is 1. The number of halogens is 1. The highest BCUT2D eigenvalue weighted by molar-refractivity contribution is 6.73. The molecular weight excluding hydrogens is 249 g/mol. The topological polar surface area (TPSA) is 57.4 Å². The molecule has 2 aliphatic heterocycles. The number of rotatable bonds is 5. The molecule has 8 heteroatoms. The summed E-state index contributed by atoms with van der Waals surface area (Å²) in [7, 11) is 1.63. The Hall–Kier alpha value is -1.37. The van der Waals surface area contributed by atoms with Crippen LogP contribution in [-0.4, -0.2) is 44.8 Å². The minimum absolute atomic E-state index is 0.0510. The first kappa shape index (κ1) is 12.7. The first-order valence-corrected chi connectivity index (χ1v) is 6.18. The number of nitrogens with one attached hydrogen (secondary N) is 1. The second-order valence-corrected chi connectivity index (χ2v) is 4.63. The Kier molecular flexibility index (Phi) is 3.30. The summed E-state index contributed by atoms with van der Waals surface area (Å²) < 4.78 is 25.9. The highest BCUT2D eigenvalue weighted by atomic mass is 19.1. The Labute approximate surface area is 111 Å². The molecule has 3 rings (SSSR count). The zero-order valence-corrected chi connectivity index (χ0v) is 10.6. The summed E-state index contributed by atoms with van der Waals surface area (Å²) in [4.78, 5) is 11.8. The van der Waals surface area contributed by atoms with Gasteiger partial charge in [-0.3, -0.25) is 4.79 Å². The summed E-state index contributed by atoms with van der Waals surface area (Å²) in [5.41, 5.74) is 1.13. The third-order valence-corrected chi connectivity index (χ3v) is 3.27. The van der Waals surface area contributed by atoms with Gasteiger partial charge < -0.3 is 19.3 Å². The van der Waals surface area contributed by atoms with Crippen LogP contribution in [0, 0.1) is 5.82 Å². The van der Waals surface area contributed by atoms with Gasteiger partial charge in [0.15, 0.2) is 0 Å². The average Bonchev–Trinajstić information content (AvgIpc) is 3.28. The molecule has 1 aromatic rings. The van der Waals surface area contributed by atoms with Gasteiger partial charge in [-0.25, -0.2) is 4.39 Å². The molecule has 0 spiro atoms. The minimum Gasteiger partial charge on any atom is -0.424 e. The summed E-state index contributed by atoms with van der Waals surface area (Å²) in [5.74, 6) is -0.706. The number of amides is 1. The van der Waals surface area contributed by atoms with Crippen LogP contribution < -0.4 is 5.32 Å².